The molecule has 0 amide bonds. The maximum atomic E-state index is 11.8. The van der Waals surface area contributed by atoms with Gasteiger partial charge >= 0.3 is 5.97 Å². The fraction of sp³-hybridized carbons (Fsp3) is 0.240. The number of fused-ring (bicyclic) bond motifs is 7. The first-order valence-electron chi connectivity index (χ1n) is 10.2. The van der Waals surface area contributed by atoms with Crippen molar-refractivity contribution < 1.29 is 9.90 Å². The minimum absolute atomic E-state index is 0.468. The molecule has 138 valence electrons. The molecule has 1 saturated carbocycles. The van der Waals surface area contributed by atoms with Crippen LogP contribution in [0.1, 0.15) is 49.1 Å². The molecule has 28 heavy (non-hydrogen) atoms. The van der Waals surface area contributed by atoms with Crippen LogP contribution in [0.3, 0.4) is 0 Å². The third kappa shape index (κ3) is 2.13. The summed E-state index contributed by atoms with van der Waals surface area (Å²) in [7, 11) is 0. The fourth-order valence-electron chi connectivity index (χ4n) is 5.28. The Morgan fingerprint density at radius 1 is 0.964 bits per heavy atom. The van der Waals surface area contributed by atoms with Gasteiger partial charge in [-0.25, -0.2) is 4.79 Å². The van der Waals surface area contributed by atoms with Crippen LogP contribution in [-0.2, 0) is 4.79 Å². The average molecular weight is 367 g/mol. The van der Waals surface area contributed by atoms with E-state index in [1.54, 1.807) is 0 Å². The predicted octanol–water partition coefficient (Wildman–Crippen LogP) is 6.06. The number of aromatic nitrogens is 1. The summed E-state index contributed by atoms with van der Waals surface area (Å²) in [6, 6.07) is 17.1. The van der Waals surface area contributed by atoms with Gasteiger partial charge in [-0.3, -0.25) is 0 Å². The van der Waals surface area contributed by atoms with Gasteiger partial charge in [-0.2, -0.15) is 0 Å². The van der Waals surface area contributed by atoms with E-state index in [4.69, 9.17) is 0 Å². The van der Waals surface area contributed by atoms with Crippen molar-refractivity contribution in [2.24, 2.45) is 0 Å². The Bertz CT molecular complexity index is 1220. The standard InChI is InChI=1S/C25H21NO2/c27-25(28)23-20-14-26-21(18-10-4-5-11-19(18)22(20)23)13-16-9-6-12-17(24(16)26)15-7-2-1-3-8-15/h4-6,9-15H,1-3,7-8H2,(H,27,28). The van der Waals surface area contributed by atoms with Gasteiger partial charge in [0.1, 0.15) is 0 Å². The molecule has 3 heteroatoms. The molecular weight excluding hydrogens is 346 g/mol. The molecule has 2 aliphatic carbocycles. The molecule has 1 fully saturated rings. The first-order chi connectivity index (χ1) is 13.7. The van der Waals surface area contributed by atoms with Gasteiger partial charge in [0.15, 0.2) is 0 Å². The normalized spacial score (nSPS) is 18.2. The molecule has 1 aliphatic heterocycles. The van der Waals surface area contributed by atoms with E-state index in [2.05, 4.69) is 41.1 Å². The second kappa shape index (κ2) is 5.71. The lowest BCUT2D eigenvalue weighted by atomic mass is 9.83. The highest BCUT2D eigenvalue weighted by Gasteiger charge is 2.40. The van der Waals surface area contributed by atoms with Crippen LogP contribution in [-0.4, -0.2) is 15.6 Å². The molecule has 0 atom stereocenters. The molecule has 0 radical (unpaired) electrons. The highest BCUT2D eigenvalue weighted by molar-refractivity contribution is 6.24. The molecule has 0 spiro atoms. The number of nitrogens with zero attached hydrogens (tertiary/aromatic N) is 1. The Balaban J connectivity index is 1.65. The van der Waals surface area contributed by atoms with E-state index in [9.17, 15) is 9.90 Å². The number of para-hydroxylation sites is 1. The van der Waals surface area contributed by atoms with Gasteiger partial charge in [-0.15, -0.1) is 0 Å². The van der Waals surface area contributed by atoms with E-state index in [0.717, 1.165) is 28.0 Å². The highest BCUT2D eigenvalue weighted by atomic mass is 16.4. The second-order valence-electron chi connectivity index (χ2n) is 8.16. The van der Waals surface area contributed by atoms with Crippen molar-refractivity contribution in [1.29, 1.82) is 0 Å². The Kier molecular flexibility index (Phi) is 3.25. The Labute approximate surface area is 163 Å². The second-order valence-corrected chi connectivity index (χ2v) is 8.16. The first kappa shape index (κ1) is 15.9. The van der Waals surface area contributed by atoms with Crippen molar-refractivity contribution in [2.75, 3.05) is 0 Å². The summed E-state index contributed by atoms with van der Waals surface area (Å²) in [4.78, 5) is 11.8. The zero-order chi connectivity index (χ0) is 18.8. The average Bonchev–Trinajstić information content (AvgIpc) is 3.36. The van der Waals surface area contributed by atoms with Crippen molar-refractivity contribution in [3.63, 3.8) is 0 Å². The molecule has 3 nitrogen and oxygen atoms in total. The highest BCUT2D eigenvalue weighted by Crippen LogP contribution is 2.53. The third-order valence-electron chi connectivity index (χ3n) is 6.61. The number of benzene rings is 2. The van der Waals surface area contributed by atoms with Crippen molar-refractivity contribution in [2.45, 2.75) is 38.0 Å². The zero-order valence-corrected chi connectivity index (χ0v) is 15.6. The fourth-order valence-corrected chi connectivity index (χ4v) is 5.28. The molecule has 3 aromatic rings. The maximum Gasteiger partial charge on any atom is 0.337 e. The number of hydrogen-bond donors (Lipinski definition) is 1. The summed E-state index contributed by atoms with van der Waals surface area (Å²) in [5.41, 5.74) is 8.21. The molecule has 1 N–H and O–H groups in total. The van der Waals surface area contributed by atoms with E-state index in [-0.39, 0.29) is 0 Å². The molecule has 0 bridgehead atoms. The molecular formula is C25H21NO2. The van der Waals surface area contributed by atoms with Gasteiger partial charge < -0.3 is 9.67 Å². The quantitative estimate of drug-likeness (QED) is 0.598. The lowest BCUT2D eigenvalue weighted by Crippen LogP contribution is -2.06. The number of aliphatic carboxylic acids is 1. The summed E-state index contributed by atoms with van der Waals surface area (Å²) in [6.07, 6.45) is 8.49. The van der Waals surface area contributed by atoms with Gasteiger partial charge in [0.05, 0.1) is 16.8 Å². The minimum Gasteiger partial charge on any atom is -0.478 e. The summed E-state index contributed by atoms with van der Waals surface area (Å²) >= 11 is 0. The number of hydrogen-bond acceptors (Lipinski definition) is 1. The topological polar surface area (TPSA) is 42.2 Å². The van der Waals surface area contributed by atoms with Crippen LogP contribution in [0, 0.1) is 0 Å². The third-order valence-corrected chi connectivity index (χ3v) is 6.61. The smallest absolute Gasteiger partial charge is 0.337 e. The van der Waals surface area contributed by atoms with Crippen LogP contribution in [0.4, 0.5) is 0 Å². The van der Waals surface area contributed by atoms with Gasteiger partial charge in [-0.05, 0) is 36.0 Å². The number of allylic oxidation sites excluding steroid dienone is 1. The number of carboxylic acids is 1. The molecule has 2 heterocycles. The van der Waals surface area contributed by atoms with E-state index in [0.29, 0.717) is 11.5 Å². The van der Waals surface area contributed by atoms with Crippen molar-refractivity contribution in [3.05, 3.63) is 70.8 Å². The monoisotopic (exact) mass is 367 g/mol. The Morgan fingerprint density at radius 3 is 2.54 bits per heavy atom. The van der Waals surface area contributed by atoms with E-state index in [1.165, 1.54) is 48.6 Å². The van der Waals surface area contributed by atoms with Crippen LogP contribution < -0.4 is 0 Å². The van der Waals surface area contributed by atoms with Gasteiger partial charge in [-0.1, -0.05) is 61.7 Å². The van der Waals surface area contributed by atoms with Crippen molar-refractivity contribution >= 4 is 28.6 Å². The number of rotatable bonds is 2. The molecule has 0 saturated heterocycles. The summed E-state index contributed by atoms with van der Waals surface area (Å²) in [6.45, 7) is 0. The Morgan fingerprint density at radius 2 is 1.75 bits per heavy atom. The summed E-state index contributed by atoms with van der Waals surface area (Å²) < 4.78 is 2.26. The summed E-state index contributed by atoms with van der Waals surface area (Å²) in [5.74, 6) is -0.234. The lowest BCUT2D eigenvalue weighted by Gasteiger charge is -2.23. The minimum atomic E-state index is -0.830. The number of carboxylic acid groups (broad SMARTS) is 1. The van der Waals surface area contributed by atoms with Gasteiger partial charge in [0.2, 0.25) is 0 Å². The predicted molar refractivity (Wildman–Crippen MR) is 112 cm³/mol. The van der Waals surface area contributed by atoms with Crippen molar-refractivity contribution in [3.8, 4) is 11.3 Å². The zero-order valence-electron chi connectivity index (χ0n) is 15.6. The van der Waals surface area contributed by atoms with E-state index >= 15 is 0 Å². The molecule has 6 rings (SSSR count). The van der Waals surface area contributed by atoms with E-state index < -0.39 is 5.97 Å². The first-order valence-corrected chi connectivity index (χ1v) is 10.2. The van der Waals surface area contributed by atoms with Crippen LogP contribution in [0.25, 0.3) is 33.9 Å². The SMILES string of the molecule is O=C(O)C1=C2C1=Cn1c(cc3cccc(C4CCCCC4)c31)-c1ccccc12. The van der Waals surface area contributed by atoms with Crippen molar-refractivity contribution in [1.82, 2.24) is 4.57 Å². The molecule has 0 unspecified atom stereocenters. The number of carbonyl (C=O) groups is 1. The van der Waals surface area contributed by atoms with Crippen LogP contribution in [0.2, 0.25) is 0 Å². The summed E-state index contributed by atoms with van der Waals surface area (Å²) in [5, 5.41) is 10.9. The Hall–Kier alpha value is -3.07. The van der Waals surface area contributed by atoms with Crippen LogP contribution >= 0.6 is 0 Å². The van der Waals surface area contributed by atoms with Gasteiger partial charge in [0, 0.05) is 28.3 Å². The molecule has 1 aromatic heterocycles. The maximum absolute atomic E-state index is 11.8. The lowest BCUT2D eigenvalue weighted by molar-refractivity contribution is -0.131. The van der Waals surface area contributed by atoms with Crippen LogP contribution in [0.15, 0.2) is 59.7 Å². The van der Waals surface area contributed by atoms with Gasteiger partial charge in [0.25, 0.3) is 0 Å². The van der Waals surface area contributed by atoms with Crippen LogP contribution in [0.5, 0.6) is 0 Å². The molecule has 2 aromatic carbocycles. The molecule has 3 aliphatic rings. The van der Waals surface area contributed by atoms with E-state index in [1.807, 2.05) is 18.2 Å². The largest absolute Gasteiger partial charge is 0.478 e.